The summed E-state index contributed by atoms with van der Waals surface area (Å²) in [5.74, 6) is -1.31. The van der Waals surface area contributed by atoms with Gasteiger partial charge in [-0.25, -0.2) is 9.18 Å². The van der Waals surface area contributed by atoms with Crippen LogP contribution in [0.1, 0.15) is 43.9 Å². The predicted molar refractivity (Wildman–Crippen MR) is 125 cm³/mol. The van der Waals surface area contributed by atoms with Crippen molar-refractivity contribution in [1.82, 2.24) is 14.5 Å². The SMILES string of the molecule is [2H]C([2H])([2H])c1c(C(=O)OC)sc2c3ncc(Br)cc3n(C(c3ncccc3F)C3CCOCC3)c12. The molecule has 6 nitrogen and oxygen atoms in total. The summed E-state index contributed by atoms with van der Waals surface area (Å²) in [6.07, 6.45) is 4.42. The number of hydrogen-bond acceptors (Lipinski definition) is 6. The summed E-state index contributed by atoms with van der Waals surface area (Å²) < 4.78 is 53.7. The molecule has 4 aromatic rings. The van der Waals surface area contributed by atoms with Gasteiger partial charge in [0.15, 0.2) is 0 Å². The van der Waals surface area contributed by atoms with Gasteiger partial charge in [0, 0.05) is 34.2 Å². The van der Waals surface area contributed by atoms with E-state index in [2.05, 4.69) is 25.9 Å². The van der Waals surface area contributed by atoms with Gasteiger partial charge in [-0.1, -0.05) is 0 Å². The number of carbonyl (C=O) groups excluding carboxylic acids is 1. The fourth-order valence-corrected chi connectivity index (χ4v) is 5.89. The van der Waals surface area contributed by atoms with E-state index in [1.807, 2.05) is 10.6 Å². The molecule has 0 amide bonds. The fourth-order valence-electron chi connectivity index (χ4n) is 4.45. The molecule has 0 bridgehead atoms. The predicted octanol–water partition coefficient (Wildman–Crippen LogP) is 5.66. The quantitative estimate of drug-likeness (QED) is 0.325. The second-order valence-corrected chi connectivity index (χ2v) is 9.57. The number of hydrogen-bond donors (Lipinski definition) is 0. The van der Waals surface area contributed by atoms with Gasteiger partial charge in [-0.05, 0) is 65.3 Å². The van der Waals surface area contributed by atoms with Crippen LogP contribution in [-0.4, -0.2) is 40.8 Å². The highest BCUT2D eigenvalue weighted by Crippen LogP contribution is 2.45. The summed E-state index contributed by atoms with van der Waals surface area (Å²) in [6.45, 7) is -1.62. The van der Waals surface area contributed by atoms with Crippen molar-refractivity contribution in [1.29, 1.82) is 0 Å². The lowest BCUT2D eigenvalue weighted by molar-refractivity contribution is 0.0543. The van der Waals surface area contributed by atoms with Crippen LogP contribution < -0.4 is 0 Å². The van der Waals surface area contributed by atoms with Crippen LogP contribution in [-0.2, 0) is 9.47 Å². The van der Waals surface area contributed by atoms with Crippen molar-refractivity contribution in [3.8, 4) is 0 Å². The Hall–Kier alpha value is -2.36. The Bertz CT molecular complexity index is 1430. The van der Waals surface area contributed by atoms with Crippen molar-refractivity contribution in [3.05, 3.63) is 57.0 Å². The van der Waals surface area contributed by atoms with E-state index in [1.54, 1.807) is 6.20 Å². The normalized spacial score (nSPS) is 17.8. The Labute approximate surface area is 200 Å². The first-order chi connectivity index (χ1) is 16.7. The molecule has 5 rings (SSSR count). The minimum atomic E-state index is -2.63. The largest absolute Gasteiger partial charge is 0.465 e. The van der Waals surface area contributed by atoms with E-state index in [-0.39, 0.29) is 22.1 Å². The Morgan fingerprint density at radius 1 is 1.44 bits per heavy atom. The van der Waals surface area contributed by atoms with E-state index in [0.29, 0.717) is 51.8 Å². The monoisotopic (exact) mass is 520 g/mol. The molecule has 0 radical (unpaired) electrons. The summed E-state index contributed by atoms with van der Waals surface area (Å²) in [4.78, 5) is 21.6. The lowest BCUT2D eigenvalue weighted by Gasteiger charge is -2.32. The molecule has 1 aliphatic rings. The Morgan fingerprint density at radius 2 is 2.25 bits per heavy atom. The first-order valence-corrected chi connectivity index (χ1v) is 11.7. The minimum Gasteiger partial charge on any atom is -0.465 e. The van der Waals surface area contributed by atoms with E-state index in [1.165, 1.54) is 25.4 Å². The summed E-state index contributed by atoms with van der Waals surface area (Å²) in [7, 11) is 1.21. The molecule has 1 saturated heterocycles. The zero-order valence-electron chi connectivity index (χ0n) is 20.1. The molecule has 1 fully saturated rings. The van der Waals surface area contributed by atoms with Gasteiger partial charge in [-0.3, -0.25) is 9.97 Å². The topological polar surface area (TPSA) is 66.2 Å². The van der Waals surface area contributed by atoms with Gasteiger partial charge in [0.1, 0.15) is 16.2 Å². The third-order valence-electron chi connectivity index (χ3n) is 5.86. The standard InChI is InChI=1S/C23H21BrFN3O3S/c1-12-19-22(32-21(12)23(29)30-2)18-16(10-14(24)11-27-18)28(19)20(13-5-8-31-9-6-13)17-15(25)4-3-7-26-17/h3-4,7,10-11,13,20H,5-6,8-9H2,1-2H3/i1D3. The molecule has 0 saturated carbocycles. The minimum absolute atomic E-state index is 0.00918. The number of nitrogens with zero attached hydrogens (tertiary/aromatic N) is 3. The molecule has 0 N–H and O–H groups in total. The molecular formula is C23H21BrFN3O3S. The van der Waals surface area contributed by atoms with Crippen molar-refractivity contribution < 1.29 is 22.8 Å². The molecule has 0 aliphatic carbocycles. The molecule has 32 heavy (non-hydrogen) atoms. The maximum Gasteiger partial charge on any atom is 0.348 e. The number of aromatic nitrogens is 3. The third kappa shape index (κ3) is 3.43. The van der Waals surface area contributed by atoms with Crippen molar-refractivity contribution >= 4 is 54.5 Å². The molecule has 5 heterocycles. The Morgan fingerprint density at radius 3 is 2.97 bits per heavy atom. The molecular weight excluding hydrogens is 497 g/mol. The Balaban J connectivity index is 1.94. The molecule has 4 aromatic heterocycles. The van der Waals surface area contributed by atoms with Crippen LogP contribution >= 0.6 is 27.3 Å². The maximum absolute atomic E-state index is 15.3. The second-order valence-electron chi connectivity index (χ2n) is 7.63. The van der Waals surface area contributed by atoms with Crippen LogP contribution in [0.15, 0.2) is 35.1 Å². The average molecular weight is 521 g/mol. The highest BCUT2D eigenvalue weighted by atomic mass is 79.9. The average Bonchev–Trinajstić information content (AvgIpc) is 3.36. The molecule has 9 heteroatoms. The van der Waals surface area contributed by atoms with Crippen LogP contribution in [0.5, 0.6) is 0 Å². The van der Waals surface area contributed by atoms with Gasteiger partial charge in [-0.2, -0.15) is 0 Å². The Kier molecular flexibility index (Phi) is 4.83. The fraction of sp³-hybridized carbons (Fsp3) is 0.348. The number of thiophene rings is 1. The number of methoxy groups -OCH3 is 1. The summed E-state index contributed by atoms with van der Waals surface area (Å²) in [5, 5.41) is 0. The number of aryl methyl sites for hydroxylation is 1. The molecule has 1 aliphatic heterocycles. The second kappa shape index (κ2) is 8.53. The van der Waals surface area contributed by atoms with Gasteiger partial charge in [0.2, 0.25) is 0 Å². The number of carbonyl (C=O) groups is 1. The first kappa shape index (κ1) is 18.1. The van der Waals surface area contributed by atoms with E-state index in [4.69, 9.17) is 13.6 Å². The lowest BCUT2D eigenvalue weighted by atomic mass is 9.88. The van der Waals surface area contributed by atoms with Crippen molar-refractivity contribution in [3.63, 3.8) is 0 Å². The van der Waals surface area contributed by atoms with Crippen LogP contribution in [0, 0.1) is 18.6 Å². The lowest BCUT2D eigenvalue weighted by Crippen LogP contribution is -2.28. The maximum atomic E-state index is 15.3. The summed E-state index contributed by atoms with van der Waals surface area (Å²) in [5.41, 5.74) is 1.58. The number of fused-ring (bicyclic) bond motifs is 3. The third-order valence-corrected chi connectivity index (χ3v) is 7.46. The molecule has 1 unspecified atom stereocenters. The highest BCUT2D eigenvalue weighted by Gasteiger charge is 2.34. The number of pyridine rings is 2. The van der Waals surface area contributed by atoms with Crippen LogP contribution in [0.2, 0.25) is 0 Å². The van der Waals surface area contributed by atoms with Crippen LogP contribution in [0.3, 0.4) is 0 Å². The first-order valence-electron chi connectivity index (χ1n) is 11.6. The highest BCUT2D eigenvalue weighted by molar-refractivity contribution is 9.10. The number of rotatable bonds is 4. The zero-order chi connectivity index (χ0) is 24.9. The van der Waals surface area contributed by atoms with Crippen molar-refractivity contribution in [2.45, 2.75) is 25.7 Å². The molecule has 1 atom stereocenters. The van der Waals surface area contributed by atoms with Gasteiger partial charge in [0.05, 0.1) is 34.6 Å². The number of esters is 1. The van der Waals surface area contributed by atoms with Gasteiger partial charge < -0.3 is 14.0 Å². The van der Waals surface area contributed by atoms with E-state index in [9.17, 15) is 4.79 Å². The van der Waals surface area contributed by atoms with Crippen LogP contribution in [0.25, 0.3) is 21.3 Å². The molecule has 0 aromatic carbocycles. The smallest absolute Gasteiger partial charge is 0.348 e. The van der Waals surface area contributed by atoms with Gasteiger partial charge in [-0.15, -0.1) is 11.3 Å². The number of ether oxygens (including phenoxy) is 2. The van der Waals surface area contributed by atoms with Crippen molar-refractivity contribution in [2.75, 3.05) is 20.3 Å². The van der Waals surface area contributed by atoms with E-state index >= 15 is 4.39 Å². The van der Waals surface area contributed by atoms with E-state index < -0.39 is 24.7 Å². The van der Waals surface area contributed by atoms with Gasteiger partial charge in [0.25, 0.3) is 0 Å². The van der Waals surface area contributed by atoms with Crippen LogP contribution in [0.4, 0.5) is 4.39 Å². The van der Waals surface area contributed by atoms with Gasteiger partial charge >= 0.3 is 5.97 Å². The van der Waals surface area contributed by atoms with E-state index in [0.717, 1.165) is 11.3 Å². The summed E-state index contributed by atoms with van der Waals surface area (Å²) >= 11 is 4.50. The van der Waals surface area contributed by atoms with Crippen molar-refractivity contribution in [2.24, 2.45) is 5.92 Å². The zero-order valence-corrected chi connectivity index (χ0v) is 19.5. The molecule has 0 spiro atoms. The number of halogens is 2. The molecule has 166 valence electrons. The summed E-state index contributed by atoms with van der Waals surface area (Å²) in [6, 6.07) is 4.07.